The van der Waals surface area contributed by atoms with Crippen molar-refractivity contribution in [2.75, 3.05) is 14.2 Å². The van der Waals surface area contributed by atoms with Gasteiger partial charge in [-0.15, -0.1) is 0 Å². The third-order valence-electron chi connectivity index (χ3n) is 10.5. The van der Waals surface area contributed by atoms with E-state index in [2.05, 4.69) is 52.6 Å². The summed E-state index contributed by atoms with van der Waals surface area (Å²) in [5.41, 5.74) is 4.24. The van der Waals surface area contributed by atoms with Gasteiger partial charge in [0.15, 0.2) is 12.0 Å². The summed E-state index contributed by atoms with van der Waals surface area (Å²) in [4.78, 5) is 29.5. The van der Waals surface area contributed by atoms with Crippen LogP contribution in [0.1, 0.15) is 46.4 Å². The Labute approximate surface area is 247 Å². The van der Waals surface area contributed by atoms with Gasteiger partial charge in [-0.1, -0.05) is 54.6 Å². The van der Waals surface area contributed by atoms with Crippen LogP contribution in [0.3, 0.4) is 0 Å². The van der Waals surface area contributed by atoms with Crippen molar-refractivity contribution < 1.29 is 19.1 Å². The lowest BCUT2D eigenvalue weighted by Crippen LogP contribution is -2.60. The van der Waals surface area contributed by atoms with E-state index >= 15 is 0 Å². The van der Waals surface area contributed by atoms with Gasteiger partial charge in [0.25, 0.3) is 11.8 Å². The molecule has 3 aliphatic heterocycles. The van der Waals surface area contributed by atoms with Crippen LogP contribution in [-0.2, 0) is 21.7 Å². The Morgan fingerprint density at radius 3 is 2.30 bits per heavy atom. The zero-order valence-electron chi connectivity index (χ0n) is 24.3. The molecule has 3 aliphatic rings. The Morgan fingerprint density at radius 1 is 0.930 bits per heavy atom. The summed E-state index contributed by atoms with van der Waals surface area (Å²) >= 11 is 0. The van der Waals surface area contributed by atoms with E-state index in [0.717, 1.165) is 54.7 Å². The van der Waals surface area contributed by atoms with Crippen LogP contribution in [0, 0.1) is 0 Å². The number of amides is 2. The van der Waals surface area contributed by atoms with Gasteiger partial charge < -0.3 is 28.8 Å². The van der Waals surface area contributed by atoms with E-state index in [1.807, 2.05) is 61.6 Å². The first kappa shape index (κ1) is 24.9. The van der Waals surface area contributed by atoms with Crippen LogP contribution < -0.4 is 5.32 Å². The third-order valence-corrected chi connectivity index (χ3v) is 10.5. The molecule has 1 saturated heterocycles. The summed E-state index contributed by atoms with van der Waals surface area (Å²) in [5, 5.41) is 7.14. The van der Waals surface area contributed by atoms with Crippen molar-refractivity contribution in [3.63, 3.8) is 0 Å². The van der Waals surface area contributed by atoms with Gasteiger partial charge in [0.05, 0.1) is 27.6 Å². The summed E-state index contributed by atoms with van der Waals surface area (Å²) in [7, 11) is 3.54. The standard InChI is InChI=1S/C35H30N4O4/c1-34(42-4)30(37(3)32(41)19-12-6-5-7-13-19)33-38-23-16-10-8-14-20(23)26-27-22(18-36-31(27)40)25-21-15-9-11-17-24(21)39(29(25)28(26)38)35(34,2)43-33/h5-17,30,33H,18H2,1-4H3,(H,36,40). The lowest BCUT2D eigenvalue weighted by atomic mass is 9.85. The first-order valence-electron chi connectivity index (χ1n) is 14.7. The number of fused-ring (bicyclic) bond motifs is 13. The summed E-state index contributed by atoms with van der Waals surface area (Å²) < 4.78 is 18.3. The topological polar surface area (TPSA) is 77.7 Å². The second-order valence-corrected chi connectivity index (χ2v) is 12.3. The lowest BCUT2D eigenvalue weighted by molar-refractivity contribution is -0.184. The monoisotopic (exact) mass is 570 g/mol. The van der Waals surface area contributed by atoms with Crippen LogP contribution in [0.4, 0.5) is 0 Å². The SMILES string of the molecule is COC1(C)C(N(C)C(=O)c2ccccc2)C2OC1(C)n1c3ccccc3c3c4c(c5c6ccccc6n2c5c31)C(=O)NC4. The highest BCUT2D eigenvalue weighted by Gasteiger charge is 2.67. The van der Waals surface area contributed by atoms with Crippen molar-refractivity contribution in [2.45, 2.75) is 44.0 Å². The van der Waals surface area contributed by atoms with E-state index in [-0.39, 0.29) is 11.8 Å². The quantitative estimate of drug-likeness (QED) is 0.287. The van der Waals surface area contributed by atoms with E-state index in [9.17, 15) is 9.59 Å². The second-order valence-electron chi connectivity index (χ2n) is 12.3. The Morgan fingerprint density at radius 2 is 1.58 bits per heavy atom. The average molecular weight is 571 g/mol. The fourth-order valence-corrected chi connectivity index (χ4v) is 8.40. The van der Waals surface area contributed by atoms with Gasteiger partial charge in [0.1, 0.15) is 11.6 Å². The predicted molar refractivity (Wildman–Crippen MR) is 165 cm³/mol. The Bertz CT molecular complexity index is 2220. The van der Waals surface area contributed by atoms with Crippen molar-refractivity contribution in [3.8, 4) is 0 Å². The molecule has 4 aromatic carbocycles. The van der Waals surface area contributed by atoms with E-state index in [1.54, 1.807) is 12.0 Å². The minimum atomic E-state index is -1.03. The van der Waals surface area contributed by atoms with Crippen molar-refractivity contribution in [3.05, 3.63) is 95.6 Å². The number of para-hydroxylation sites is 2. The number of nitrogens with one attached hydrogen (secondary N) is 1. The molecule has 214 valence electrons. The molecule has 5 heterocycles. The molecule has 0 saturated carbocycles. The molecule has 1 N–H and O–H groups in total. The molecular weight excluding hydrogens is 540 g/mol. The predicted octanol–water partition coefficient (Wildman–Crippen LogP) is 5.91. The van der Waals surface area contributed by atoms with Crippen LogP contribution in [0.25, 0.3) is 43.6 Å². The number of likely N-dealkylation sites (N-methyl/N-ethyl adjacent to an activating group) is 1. The van der Waals surface area contributed by atoms with Crippen molar-refractivity contribution in [1.29, 1.82) is 0 Å². The number of benzene rings is 4. The van der Waals surface area contributed by atoms with Crippen LogP contribution >= 0.6 is 0 Å². The van der Waals surface area contributed by atoms with Gasteiger partial charge in [-0.05, 0) is 43.7 Å². The molecule has 1 fully saturated rings. The molecule has 2 bridgehead atoms. The molecular formula is C35H30N4O4. The lowest BCUT2D eigenvalue weighted by Gasteiger charge is -2.45. The number of carbonyl (C=O) groups is 2. The van der Waals surface area contributed by atoms with Crippen LogP contribution in [-0.4, -0.2) is 51.6 Å². The summed E-state index contributed by atoms with van der Waals surface area (Å²) in [5.74, 6) is -0.177. The van der Waals surface area contributed by atoms with Crippen LogP contribution in [0.15, 0.2) is 78.9 Å². The average Bonchev–Trinajstić information content (AvgIpc) is 3.72. The fourth-order valence-electron chi connectivity index (χ4n) is 8.40. The molecule has 4 atom stereocenters. The number of ether oxygens (including phenoxy) is 2. The number of nitrogens with zero attached hydrogens (tertiary/aromatic N) is 3. The molecule has 9 rings (SSSR count). The molecule has 43 heavy (non-hydrogen) atoms. The third kappa shape index (κ3) is 2.70. The first-order chi connectivity index (χ1) is 20.8. The van der Waals surface area contributed by atoms with Gasteiger partial charge in [0, 0.05) is 47.8 Å². The molecule has 6 aromatic rings. The van der Waals surface area contributed by atoms with Gasteiger partial charge in [-0.25, -0.2) is 0 Å². The maximum atomic E-state index is 14.1. The maximum absolute atomic E-state index is 14.1. The van der Waals surface area contributed by atoms with Gasteiger partial charge in [-0.3, -0.25) is 9.59 Å². The molecule has 0 spiro atoms. The summed E-state index contributed by atoms with van der Waals surface area (Å²) in [6, 6.07) is 25.3. The van der Waals surface area contributed by atoms with Crippen molar-refractivity contribution in [2.24, 2.45) is 0 Å². The smallest absolute Gasteiger partial charge is 0.254 e. The maximum Gasteiger partial charge on any atom is 0.254 e. The Kier molecular flexibility index (Phi) is 4.65. The fraction of sp³-hybridized carbons (Fsp3) is 0.257. The minimum absolute atomic E-state index is 0.0622. The van der Waals surface area contributed by atoms with Gasteiger partial charge in [-0.2, -0.15) is 0 Å². The van der Waals surface area contributed by atoms with E-state index < -0.39 is 23.6 Å². The van der Waals surface area contributed by atoms with E-state index in [4.69, 9.17) is 9.47 Å². The Hall–Kier alpha value is -4.66. The normalized spacial score (nSPS) is 25.6. The highest BCUT2D eigenvalue weighted by atomic mass is 16.6. The molecule has 2 aromatic heterocycles. The zero-order chi connectivity index (χ0) is 29.4. The highest BCUT2D eigenvalue weighted by Crippen LogP contribution is 2.59. The first-order valence-corrected chi connectivity index (χ1v) is 14.7. The largest absolute Gasteiger partial charge is 0.371 e. The van der Waals surface area contributed by atoms with E-state index in [0.29, 0.717) is 12.1 Å². The zero-order valence-corrected chi connectivity index (χ0v) is 24.3. The van der Waals surface area contributed by atoms with Gasteiger partial charge >= 0.3 is 0 Å². The second kappa shape index (κ2) is 8.03. The van der Waals surface area contributed by atoms with Crippen LogP contribution in [0.2, 0.25) is 0 Å². The molecule has 8 nitrogen and oxygen atoms in total. The number of rotatable bonds is 3. The molecule has 0 radical (unpaired) electrons. The molecule has 0 aliphatic carbocycles. The van der Waals surface area contributed by atoms with Crippen molar-refractivity contribution in [1.82, 2.24) is 19.4 Å². The molecule has 2 amide bonds. The Balaban J connectivity index is 1.49. The number of carbonyl (C=O) groups excluding carboxylic acids is 2. The number of aromatic nitrogens is 2. The molecule has 4 unspecified atom stereocenters. The van der Waals surface area contributed by atoms with Gasteiger partial charge in [0.2, 0.25) is 0 Å². The van der Waals surface area contributed by atoms with Crippen LogP contribution in [0.5, 0.6) is 0 Å². The molecule has 8 heteroatoms. The van der Waals surface area contributed by atoms with Crippen molar-refractivity contribution >= 4 is 55.4 Å². The summed E-state index contributed by atoms with van der Waals surface area (Å²) in [6.45, 7) is 4.60. The number of hydrogen-bond acceptors (Lipinski definition) is 4. The summed E-state index contributed by atoms with van der Waals surface area (Å²) in [6.07, 6.45) is -0.612. The van der Waals surface area contributed by atoms with E-state index in [1.165, 1.54) is 0 Å². The minimum Gasteiger partial charge on any atom is -0.371 e. The number of hydrogen-bond donors (Lipinski definition) is 1. The highest BCUT2D eigenvalue weighted by molar-refractivity contribution is 6.31. The number of methoxy groups -OCH3 is 1.